The van der Waals surface area contributed by atoms with Crippen molar-refractivity contribution in [3.63, 3.8) is 0 Å². The number of hydrogen-bond donors (Lipinski definition) is 3. The molecule has 6 aromatic rings. The summed E-state index contributed by atoms with van der Waals surface area (Å²) in [6, 6.07) is 28.9. The molecule has 2 aromatic heterocycles. The van der Waals surface area contributed by atoms with Crippen LogP contribution in [-0.2, 0) is 9.47 Å². The van der Waals surface area contributed by atoms with E-state index in [1.807, 2.05) is 74.5 Å². The Kier molecular flexibility index (Phi) is 12.9. The summed E-state index contributed by atoms with van der Waals surface area (Å²) < 4.78 is 10.1. The highest BCUT2D eigenvalue weighted by molar-refractivity contribution is 6.30. The van der Waals surface area contributed by atoms with Gasteiger partial charge in [0.1, 0.15) is 10.3 Å². The number of esters is 1. The molecule has 1 aliphatic heterocycles. The molecule has 0 unspecified atom stereocenters. The lowest BCUT2D eigenvalue weighted by atomic mass is 10.00. The van der Waals surface area contributed by atoms with Gasteiger partial charge < -0.3 is 25.4 Å². The molecule has 13 heteroatoms. The maximum atomic E-state index is 13.1. The normalized spacial score (nSPS) is 12.7. The molecule has 3 N–H and O–H groups in total. The summed E-state index contributed by atoms with van der Waals surface area (Å²) in [5, 5.41) is 12.5. The second kappa shape index (κ2) is 18.2. The number of carbonyl (C=O) groups excluding carboxylic acids is 4. The van der Waals surface area contributed by atoms with Gasteiger partial charge in [-0.3, -0.25) is 14.4 Å². The quantitative estimate of drug-likeness (QED) is 0.102. The van der Waals surface area contributed by atoms with E-state index in [4.69, 9.17) is 32.7 Å². The fraction of sp³-hybridized carbons (Fsp3) is 0.209. The zero-order valence-corrected chi connectivity index (χ0v) is 32.5. The number of aryl methyl sites for hydroxylation is 2. The molecule has 0 radical (unpaired) electrons. The first-order chi connectivity index (χ1) is 27.0. The molecule has 0 atom stereocenters. The van der Waals surface area contributed by atoms with Gasteiger partial charge >= 0.3 is 5.97 Å². The lowest BCUT2D eigenvalue weighted by Gasteiger charge is -2.22. The monoisotopic (exact) mass is 791 g/mol. The third kappa shape index (κ3) is 9.31. The fourth-order valence-electron chi connectivity index (χ4n) is 6.44. The number of rotatable bonds is 8. The van der Waals surface area contributed by atoms with Crippen LogP contribution in [0.4, 0.5) is 11.4 Å². The number of anilines is 2. The van der Waals surface area contributed by atoms with Crippen molar-refractivity contribution in [3.8, 4) is 0 Å². The maximum absolute atomic E-state index is 13.1. The van der Waals surface area contributed by atoms with E-state index >= 15 is 0 Å². The van der Waals surface area contributed by atoms with Crippen molar-refractivity contribution < 1.29 is 28.7 Å². The van der Waals surface area contributed by atoms with E-state index in [9.17, 15) is 19.2 Å². The Bertz CT molecular complexity index is 2450. The fourth-order valence-corrected chi connectivity index (χ4v) is 6.74. The van der Waals surface area contributed by atoms with Gasteiger partial charge in [0.2, 0.25) is 0 Å². The van der Waals surface area contributed by atoms with Gasteiger partial charge in [-0.2, -0.15) is 0 Å². The summed E-state index contributed by atoms with van der Waals surface area (Å²) in [7, 11) is 1.24. The molecule has 3 heterocycles. The largest absolute Gasteiger partial charge is 0.464 e. The molecule has 286 valence electrons. The van der Waals surface area contributed by atoms with Crippen LogP contribution in [0.5, 0.6) is 0 Å². The van der Waals surface area contributed by atoms with Crippen molar-refractivity contribution in [1.29, 1.82) is 0 Å². The number of nitrogens with one attached hydrogen (secondary N) is 3. The van der Waals surface area contributed by atoms with Crippen LogP contribution in [0.1, 0.15) is 65.7 Å². The van der Waals surface area contributed by atoms with E-state index < -0.39 is 5.97 Å². The van der Waals surface area contributed by atoms with Crippen molar-refractivity contribution in [2.45, 2.75) is 26.7 Å². The molecule has 56 heavy (non-hydrogen) atoms. The van der Waals surface area contributed by atoms with E-state index in [2.05, 4.69) is 25.9 Å². The Morgan fingerprint density at radius 3 is 1.61 bits per heavy atom. The number of pyridine rings is 2. The van der Waals surface area contributed by atoms with Crippen molar-refractivity contribution in [2.24, 2.45) is 5.92 Å². The van der Waals surface area contributed by atoms with E-state index in [-0.39, 0.29) is 45.1 Å². The lowest BCUT2D eigenvalue weighted by molar-refractivity contribution is 0.0595. The first-order valence-electron chi connectivity index (χ1n) is 17.9. The highest BCUT2D eigenvalue weighted by Crippen LogP contribution is 2.27. The van der Waals surface area contributed by atoms with Gasteiger partial charge in [0.05, 0.1) is 18.5 Å². The van der Waals surface area contributed by atoms with Gasteiger partial charge in [-0.15, -0.1) is 0 Å². The molecule has 4 aromatic carbocycles. The molecule has 0 saturated carbocycles. The third-order valence-corrected chi connectivity index (χ3v) is 9.90. The van der Waals surface area contributed by atoms with Crippen LogP contribution >= 0.6 is 23.2 Å². The zero-order chi connectivity index (χ0) is 39.8. The van der Waals surface area contributed by atoms with Crippen molar-refractivity contribution >= 4 is 79.8 Å². The van der Waals surface area contributed by atoms with Crippen LogP contribution in [0.25, 0.3) is 21.5 Å². The summed E-state index contributed by atoms with van der Waals surface area (Å²) in [5.41, 5.74) is 3.83. The zero-order valence-electron chi connectivity index (χ0n) is 31.0. The second-order valence-corrected chi connectivity index (χ2v) is 14.0. The molecular formula is C43H39Cl2N5O6. The smallest absolute Gasteiger partial charge is 0.358 e. The molecule has 11 nitrogen and oxygen atoms in total. The number of aromatic nitrogens is 2. The molecular weight excluding hydrogens is 753 g/mol. The van der Waals surface area contributed by atoms with E-state index in [1.165, 1.54) is 19.2 Å². The minimum atomic E-state index is -0.674. The molecule has 3 amide bonds. The van der Waals surface area contributed by atoms with Gasteiger partial charge in [0.25, 0.3) is 17.7 Å². The number of ether oxygens (including phenoxy) is 2. The predicted octanol–water partition coefficient (Wildman–Crippen LogP) is 8.84. The van der Waals surface area contributed by atoms with E-state index in [0.717, 1.165) is 45.5 Å². The highest BCUT2D eigenvalue weighted by Gasteiger charge is 2.21. The van der Waals surface area contributed by atoms with Crippen LogP contribution in [0.3, 0.4) is 0 Å². The summed E-state index contributed by atoms with van der Waals surface area (Å²) in [6.07, 6.45) is 1.82. The molecule has 7 rings (SSSR count). The Labute approximate surface area is 333 Å². The number of fused-ring (bicyclic) bond motifs is 2. The Hall–Kier alpha value is -5.88. The number of carbonyl (C=O) groups is 4. The van der Waals surface area contributed by atoms with Crippen molar-refractivity contribution in [2.75, 3.05) is 37.5 Å². The first-order valence-corrected chi connectivity index (χ1v) is 18.7. The number of amides is 3. The van der Waals surface area contributed by atoms with Gasteiger partial charge in [0, 0.05) is 30.9 Å². The molecule has 1 aliphatic rings. The topological polar surface area (TPSA) is 149 Å². The van der Waals surface area contributed by atoms with Gasteiger partial charge in [0.15, 0.2) is 11.4 Å². The van der Waals surface area contributed by atoms with Gasteiger partial charge in [-0.25, -0.2) is 14.8 Å². The van der Waals surface area contributed by atoms with Crippen molar-refractivity contribution in [3.05, 3.63) is 141 Å². The summed E-state index contributed by atoms with van der Waals surface area (Å²) in [4.78, 5) is 58.7. The number of halogens is 2. The van der Waals surface area contributed by atoms with Crippen LogP contribution in [0.15, 0.2) is 97.1 Å². The number of hydrogen-bond acceptors (Lipinski definition) is 8. The average Bonchev–Trinajstić information content (AvgIpc) is 3.22. The van der Waals surface area contributed by atoms with E-state index in [1.54, 1.807) is 24.3 Å². The second-order valence-electron chi connectivity index (χ2n) is 13.2. The number of methoxy groups -OCH3 is 1. The predicted molar refractivity (Wildman–Crippen MR) is 219 cm³/mol. The van der Waals surface area contributed by atoms with Crippen LogP contribution in [0, 0.1) is 19.8 Å². The molecule has 1 fully saturated rings. The Morgan fingerprint density at radius 2 is 1.11 bits per heavy atom. The SMILES string of the molecule is COC(=O)c1nc(Cl)ccc1NC(=O)c1ccc(C)c2ccccc12.Cc1ccc(C(=O)Nc2ccc(Cl)nc2C(=O)NCC2CCOCC2)c2ccccc12. The van der Waals surface area contributed by atoms with Crippen molar-refractivity contribution in [1.82, 2.24) is 15.3 Å². The molecule has 1 saturated heterocycles. The summed E-state index contributed by atoms with van der Waals surface area (Å²) in [6.45, 7) is 5.95. The molecule has 0 spiro atoms. The minimum absolute atomic E-state index is 0.0419. The minimum Gasteiger partial charge on any atom is -0.464 e. The first kappa shape index (κ1) is 39.8. The molecule has 0 aliphatic carbocycles. The van der Waals surface area contributed by atoms with Crippen LogP contribution in [0.2, 0.25) is 10.3 Å². The Morgan fingerprint density at radius 1 is 0.643 bits per heavy atom. The van der Waals surface area contributed by atoms with Crippen LogP contribution < -0.4 is 16.0 Å². The Balaban J connectivity index is 0.000000194. The van der Waals surface area contributed by atoms with Crippen LogP contribution in [-0.4, -0.2) is 60.5 Å². The highest BCUT2D eigenvalue weighted by atomic mass is 35.5. The lowest BCUT2D eigenvalue weighted by Crippen LogP contribution is -2.33. The van der Waals surface area contributed by atoms with Gasteiger partial charge in [-0.05, 0) is 102 Å². The van der Waals surface area contributed by atoms with Gasteiger partial charge in [-0.1, -0.05) is 83.9 Å². The third-order valence-electron chi connectivity index (χ3n) is 9.48. The van der Waals surface area contributed by atoms with E-state index in [0.29, 0.717) is 42.5 Å². The standard InChI is InChI=1S/C24H24ClN3O3.C19H15ClN2O3/c1-15-6-7-19(18-5-3-2-4-17(15)18)23(29)27-20-8-9-21(25)28-22(20)24(30)26-14-16-10-12-31-13-11-16;1-11-7-8-14(13-6-4-3-5-12(11)13)18(23)21-15-9-10-16(20)22-17(15)19(24)25-2/h2-9,16H,10-14H2,1H3,(H,26,30)(H,27,29);3-10H,1-2H3,(H,21,23). The number of benzene rings is 4. The summed E-state index contributed by atoms with van der Waals surface area (Å²) >= 11 is 11.9. The number of nitrogens with zero attached hydrogens (tertiary/aromatic N) is 2. The summed E-state index contributed by atoms with van der Waals surface area (Å²) in [5.74, 6) is -1.32. The maximum Gasteiger partial charge on any atom is 0.358 e. The average molecular weight is 793 g/mol. The molecule has 0 bridgehead atoms.